The van der Waals surface area contributed by atoms with Crippen LogP contribution in [-0.2, 0) is 15.3 Å². The van der Waals surface area contributed by atoms with Crippen molar-refractivity contribution in [1.82, 2.24) is 9.97 Å². The molecule has 0 atom stereocenters. The molecule has 2 amide bonds. The summed E-state index contributed by atoms with van der Waals surface area (Å²) in [5.41, 5.74) is 1.86. The summed E-state index contributed by atoms with van der Waals surface area (Å²) >= 11 is 1.18. The lowest BCUT2D eigenvalue weighted by molar-refractivity contribution is 0.262. The molecule has 4 aromatic rings. The van der Waals surface area contributed by atoms with Crippen molar-refractivity contribution in [2.45, 2.75) is 31.1 Å². The van der Waals surface area contributed by atoms with Gasteiger partial charge in [0.25, 0.3) is 0 Å². The number of benzene rings is 2. The number of hydrogen-bond acceptors (Lipinski definition) is 7. The van der Waals surface area contributed by atoms with Crippen LogP contribution in [0.15, 0.2) is 65.7 Å². The van der Waals surface area contributed by atoms with Crippen LogP contribution < -0.4 is 15.4 Å². The Morgan fingerprint density at radius 2 is 1.79 bits per heavy atom. The second kappa shape index (κ2) is 9.03. The van der Waals surface area contributed by atoms with Crippen LogP contribution in [0.25, 0.3) is 10.2 Å². The van der Waals surface area contributed by atoms with Crippen molar-refractivity contribution in [2.24, 2.45) is 0 Å². The Balaban J connectivity index is 1.53. The van der Waals surface area contributed by atoms with E-state index in [1.54, 1.807) is 30.5 Å². The topological polar surface area (TPSA) is 110 Å². The average Bonchev–Trinajstić information content (AvgIpc) is 3.15. The minimum Gasteiger partial charge on any atom is -0.437 e. The smallest absolute Gasteiger partial charge is 0.325 e. The Bertz CT molecular complexity index is 1470. The largest absolute Gasteiger partial charge is 0.437 e. The minimum absolute atomic E-state index is 0.139. The Hall–Kier alpha value is -3.50. The van der Waals surface area contributed by atoms with Gasteiger partial charge in [0.1, 0.15) is 11.4 Å². The van der Waals surface area contributed by atoms with E-state index < -0.39 is 15.9 Å². The lowest BCUT2D eigenvalue weighted by atomic mass is 9.86. The Labute approximate surface area is 201 Å². The normalized spacial score (nSPS) is 11.9. The van der Waals surface area contributed by atoms with Gasteiger partial charge in [0.15, 0.2) is 15.0 Å². The number of carbonyl (C=O) groups is 1. The second-order valence-corrected chi connectivity index (χ2v) is 11.8. The quantitative estimate of drug-likeness (QED) is 0.360. The van der Waals surface area contributed by atoms with Crippen LogP contribution in [0.4, 0.5) is 15.6 Å². The summed E-state index contributed by atoms with van der Waals surface area (Å²) in [5.74, 6) is 0.918. The molecule has 0 fully saturated rings. The highest BCUT2D eigenvalue weighted by molar-refractivity contribution is 7.90. The summed E-state index contributed by atoms with van der Waals surface area (Å²) in [6, 6.07) is 15.2. The van der Waals surface area contributed by atoms with Gasteiger partial charge in [0, 0.05) is 18.0 Å². The van der Waals surface area contributed by atoms with E-state index in [2.05, 4.69) is 41.4 Å². The van der Waals surface area contributed by atoms with Gasteiger partial charge in [-0.1, -0.05) is 50.3 Å². The highest BCUT2D eigenvalue weighted by Gasteiger charge is 2.20. The molecule has 34 heavy (non-hydrogen) atoms. The van der Waals surface area contributed by atoms with Gasteiger partial charge in [-0.15, -0.1) is 0 Å². The molecule has 8 nitrogen and oxygen atoms in total. The number of nitrogens with one attached hydrogen (secondary N) is 2. The predicted molar refractivity (Wildman–Crippen MR) is 135 cm³/mol. The maximum Gasteiger partial charge on any atom is 0.325 e. The summed E-state index contributed by atoms with van der Waals surface area (Å²) < 4.78 is 30.3. The molecule has 0 spiro atoms. The fourth-order valence-corrected chi connectivity index (χ4v) is 4.91. The van der Waals surface area contributed by atoms with Crippen molar-refractivity contribution < 1.29 is 17.9 Å². The molecule has 176 valence electrons. The number of amides is 2. The Morgan fingerprint density at radius 3 is 2.53 bits per heavy atom. The van der Waals surface area contributed by atoms with Gasteiger partial charge in [-0.2, -0.15) is 0 Å². The number of sulfone groups is 1. The zero-order chi connectivity index (χ0) is 24.5. The molecule has 0 radical (unpaired) electrons. The fraction of sp³-hybridized carbons (Fsp3) is 0.208. The molecule has 0 aliphatic rings. The molecule has 2 heterocycles. The van der Waals surface area contributed by atoms with Crippen LogP contribution in [0, 0.1) is 0 Å². The highest BCUT2D eigenvalue weighted by atomic mass is 32.2. The number of urea groups is 1. The van der Waals surface area contributed by atoms with Crippen LogP contribution in [0.2, 0.25) is 0 Å². The first kappa shape index (κ1) is 23.7. The zero-order valence-corrected chi connectivity index (χ0v) is 20.8. The number of thiazole rings is 1. The highest BCUT2D eigenvalue weighted by Crippen LogP contribution is 2.35. The minimum atomic E-state index is -3.33. The standard InChI is InChI=1S/C24H24N4O4S2/c1-24(2,3)16-8-5-6-10-19(16)32-21-18(9-7-13-25-21)26-22(29)28-23-27-17-12-11-15(34(4,30)31)14-20(17)33-23/h5-14H,1-4H3,(H2,26,27,28,29). The fourth-order valence-electron chi connectivity index (χ4n) is 3.29. The molecule has 2 N–H and O–H groups in total. The summed E-state index contributed by atoms with van der Waals surface area (Å²) in [6.45, 7) is 6.28. The number of para-hydroxylation sites is 1. The molecule has 0 saturated heterocycles. The van der Waals surface area contributed by atoms with Crippen molar-refractivity contribution in [3.05, 3.63) is 66.4 Å². The lowest BCUT2D eigenvalue weighted by Gasteiger charge is -2.22. The Kier molecular flexibility index (Phi) is 6.28. The van der Waals surface area contributed by atoms with Gasteiger partial charge in [-0.25, -0.2) is 23.2 Å². The van der Waals surface area contributed by atoms with Crippen LogP contribution in [-0.4, -0.2) is 30.7 Å². The van der Waals surface area contributed by atoms with Crippen LogP contribution in [0.3, 0.4) is 0 Å². The number of pyridine rings is 1. The second-order valence-electron chi connectivity index (χ2n) is 8.70. The molecule has 2 aromatic heterocycles. The maximum atomic E-state index is 12.7. The van der Waals surface area contributed by atoms with Crippen LogP contribution in [0.1, 0.15) is 26.3 Å². The van der Waals surface area contributed by atoms with Gasteiger partial charge >= 0.3 is 6.03 Å². The van der Waals surface area contributed by atoms with E-state index in [1.165, 1.54) is 17.4 Å². The van der Waals surface area contributed by atoms with Crippen molar-refractivity contribution in [3.63, 3.8) is 0 Å². The van der Waals surface area contributed by atoms with Gasteiger partial charge < -0.3 is 10.1 Å². The van der Waals surface area contributed by atoms with Gasteiger partial charge in [0.2, 0.25) is 5.88 Å². The molecular formula is C24H24N4O4S2. The number of nitrogens with zero attached hydrogens (tertiary/aromatic N) is 2. The van der Waals surface area contributed by atoms with Crippen molar-refractivity contribution >= 4 is 48.2 Å². The van der Waals surface area contributed by atoms with E-state index in [0.717, 1.165) is 11.8 Å². The third-order valence-electron chi connectivity index (χ3n) is 4.93. The average molecular weight is 497 g/mol. The van der Waals surface area contributed by atoms with Crippen molar-refractivity contribution in [3.8, 4) is 11.6 Å². The molecule has 4 rings (SSSR count). The number of fused-ring (bicyclic) bond motifs is 1. The summed E-state index contributed by atoms with van der Waals surface area (Å²) in [7, 11) is -3.33. The monoisotopic (exact) mass is 496 g/mol. The van der Waals surface area contributed by atoms with E-state index in [1.807, 2.05) is 24.3 Å². The Morgan fingerprint density at radius 1 is 1.03 bits per heavy atom. The molecule has 0 aliphatic carbocycles. The van der Waals surface area contributed by atoms with E-state index in [9.17, 15) is 13.2 Å². The number of hydrogen-bond donors (Lipinski definition) is 2. The number of rotatable bonds is 5. The summed E-state index contributed by atoms with van der Waals surface area (Å²) in [5, 5.41) is 5.78. The maximum absolute atomic E-state index is 12.7. The first-order valence-electron chi connectivity index (χ1n) is 10.4. The molecular weight excluding hydrogens is 472 g/mol. The van der Waals surface area contributed by atoms with E-state index in [4.69, 9.17) is 4.74 Å². The predicted octanol–water partition coefficient (Wildman–Crippen LogP) is 5.83. The number of anilines is 2. The molecule has 10 heteroatoms. The summed E-state index contributed by atoms with van der Waals surface area (Å²) in [4.78, 5) is 21.5. The van der Waals surface area contributed by atoms with E-state index >= 15 is 0 Å². The van der Waals surface area contributed by atoms with Gasteiger partial charge in [-0.3, -0.25) is 5.32 Å². The molecule has 0 unspecified atom stereocenters. The first-order chi connectivity index (χ1) is 16.0. The van der Waals surface area contributed by atoms with Crippen LogP contribution >= 0.6 is 11.3 Å². The van der Waals surface area contributed by atoms with E-state index in [0.29, 0.717) is 26.8 Å². The zero-order valence-electron chi connectivity index (χ0n) is 19.1. The van der Waals surface area contributed by atoms with Crippen LogP contribution in [0.5, 0.6) is 11.6 Å². The number of carbonyl (C=O) groups excluding carboxylic acids is 1. The molecule has 0 bridgehead atoms. The third kappa shape index (κ3) is 5.35. The van der Waals surface area contributed by atoms with E-state index in [-0.39, 0.29) is 16.2 Å². The van der Waals surface area contributed by atoms with Gasteiger partial charge in [-0.05, 0) is 41.8 Å². The third-order valence-corrected chi connectivity index (χ3v) is 6.97. The number of aromatic nitrogens is 2. The SMILES string of the molecule is CC(C)(C)c1ccccc1Oc1ncccc1NC(=O)Nc1nc2ccc(S(C)(=O)=O)cc2s1. The van der Waals surface area contributed by atoms with Crippen molar-refractivity contribution in [1.29, 1.82) is 0 Å². The van der Waals surface area contributed by atoms with Gasteiger partial charge in [0.05, 0.1) is 15.1 Å². The lowest BCUT2D eigenvalue weighted by Crippen LogP contribution is -2.20. The molecule has 0 saturated carbocycles. The summed E-state index contributed by atoms with van der Waals surface area (Å²) in [6.07, 6.45) is 2.74. The molecule has 0 aliphatic heterocycles. The molecule has 2 aromatic carbocycles. The van der Waals surface area contributed by atoms with Crippen molar-refractivity contribution in [2.75, 3.05) is 16.9 Å². The first-order valence-corrected chi connectivity index (χ1v) is 13.1. The number of ether oxygens (including phenoxy) is 1.